The van der Waals surface area contributed by atoms with Crippen molar-refractivity contribution in [2.45, 2.75) is 59.3 Å². The zero-order valence-electron chi connectivity index (χ0n) is 18.5. The molecule has 0 unspecified atom stereocenters. The Morgan fingerprint density at radius 3 is 2.23 bits per heavy atom. The molecule has 0 saturated heterocycles. The van der Waals surface area contributed by atoms with Gasteiger partial charge in [-0.1, -0.05) is 55.8 Å². The van der Waals surface area contributed by atoms with Crippen LogP contribution in [-0.2, 0) is 25.2 Å². The third kappa shape index (κ3) is 4.48. The second-order valence-corrected chi connectivity index (χ2v) is 8.70. The Morgan fingerprint density at radius 2 is 1.68 bits per heavy atom. The van der Waals surface area contributed by atoms with Gasteiger partial charge in [-0.15, -0.1) is 0 Å². The molecule has 0 aliphatic rings. The Balaban J connectivity index is 2.02. The summed E-state index contributed by atoms with van der Waals surface area (Å²) in [6.45, 7) is 7.39. The van der Waals surface area contributed by atoms with Gasteiger partial charge in [-0.05, 0) is 49.9 Å². The van der Waals surface area contributed by atoms with E-state index in [9.17, 15) is 19.1 Å². The van der Waals surface area contributed by atoms with Crippen LogP contribution in [0.3, 0.4) is 0 Å². The molecule has 1 heterocycles. The summed E-state index contributed by atoms with van der Waals surface area (Å²) < 4.78 is 17.2. The summed E-state index contributed by atoms with van der Waals surface area (Å²) in [6, 6.07) is 14.4. The maximum atomic E-state index is 14.0. The third-order valence-corrected chi connectivity index (χ3v) is 5.40. The minimum Gasteiger partial charge on any atom is -0.478 e. The van der Waals surface area contributed by atoms with Crippen molar-refractivity contribution in [3.05, 3.63) is 81.5 Å². The maximum Gasteiger partial charge on any atom is 0.336 e. The highest BCUT2D eigenvalue weighted by Gasteiger charge is 2.26. The Labute approximate surface area is 181 Å². The summed E-state index contributed by atoms with van der Waals surface area (Å²) in [5.74, 6) is -0.974. The van der Waals surface area contributed by atoms with Crippen molar-refractivity contribution in [1.82, 2.24) is 9.13 Å². The first-order valence-corrected chi connectivity index (χ1v) is 10.5. The summed E-state index contributed by atoms with van der Waals surface area (Å²) in [4.78, 5) is 24.7. The van der Waals surface area contributed by atoms with E-state index < -0.39 is 18.2 Å². The number of alkyl halides is 1. The van der Waals surface area contributed by atoms with E-state index in [0.29, 0.717) is 24.2 Å². The third-order valence-electron chi connectivity index (χ3n) is 5.40. The number of aromatic carboxylic acids is 1. The molecular formula is C25H29FN2O3. The molecule has 0 spiro atoms. The molecule has 0 bridgehead atoms. The Morgan fingerprint density at radius 1 is 1.03 bits per heavy atom. The smallest absolute Gasteiger partial charge is 0.336 e. The largest absolute Gasteiger partial charge is 0.478 e. The molecule has 6 heteroatoms. The van der Waals surface area contributed by atoms with Crippen LogP contribution >= 0.6 is 0 Å². The van der Waals surface area contributed by atoms with Crippen molar-refractivity contribution in [2.75, 3.05) is 0 Å². The molecule has 31 heavy (non-hydrogen) atoms. The first-order chi connectivity index (χ1) is 14.7. The fourth-order valence-corrected chi connectivity index (χ4v) is 4.04. The van der Waals surface area contributed by atoms with E-state index >= 15 is 0 Å². The van der Waals surface area contributed by atoms with E-state index in [1.54, 1.807) is 33.4 Å². The van der Waals surface area contributed by atoms with Crippen LogP contribution in [0.1, 0.15) is 61.4 Å². The minimum absolute atomic E-state index is 0.205. The second-order valence-electron chi connectivity index (χ2n) is 8.70. The predicted octanol–water partition coefficient (Wildman–Crippen LogP) is 5.24. The average molecular weight is 425 g/mol. The Hall–Kier alpha value is -3.15. The van der Waals surface area contributed by atoms with Crippen molar-refractivity contribution in [3.63, 3.8) is 0 Å². The molecule has 1 aromatic heterocycles. The summed E-state index contributed by atoms with van der Waals surface area (Å²) >= 11 is 0. The van der Waals surface area contributed by atoms with Gasteiger partial charge in [0.15, 0.2) is 0 Å². The van der Waals surface area contributed by atoms with Gasteiger partial charge < -0.3 is 5.11 Å². The maximum absolute atomic E-state index is 14.0. The van der Waals surface area contributed by atoms with Crippen molar-refractivity contribution in [2.24, 2.45) is 0 Å². The van der Waals surface area contributed by atoms with Crippen LogP contribution in [0.25, 0.3) is 11.1 Å². The number of carboxylic acid groups (broad SMARTS) is 1. The Bertz CT molecular complexity index is 1140. The molecule has 2 aromatic carbocycles. The van der Waals surface area contributed by atoms with Crippen LogP contribution in [0, 0.1) is 0 Å². The molecule has 164 valence electrons. The molecule has 3 aromatic rings. The fraction of sp³-hybridized carbons (Fsp3) is 0.360. The summed E-state index contributed by atoms with van der Waals surface area (Å²) in [5.41, 5.74) is 3.04. The lowest BCUT2D eigenvalue weighted by molar-refractivity contribution is 0.0697. The number of nitrogens with zero attached hydrogens (tertiary/aromatic N) is 2. The monoisotopic (exact) mass is 424 g/mol. The normalized spacial score (nSPS) is 11.6. The molecule has 1 N–H and O–H groups in total. The van der Waals surface area contributed by atoms with Gasteiger partial charge in [0.2, 0.25) is 0 Å². The standard InChI is InChI=1S/C25H29FN2O3/c1-5-8-21-22(15-26)28(25(2,3)4)24(31)27(21)16-17-11-13-18(14-12-17)19-9-6-7-10-20(19)23(29)30/h6-7,9-14H,5,8,15-16H2,1-4H3,(H,29,30). The van der Waals surface area contributed by atoms with Gasteiger partial charge in [-0.3, -0.25) is 9.13 Å². The molecule has 0 saturated carbocycles. The van der Waals surface area contributed by atoms with Crippen LogP contribution in [0.15, 0.2) is 53.3 Å². The zero-order chi connectivity index (χ0) is 22.8. The lowest BCUT2D eigenvalue weighted by Crippen LogP contribution is -2.36. The fourth-order valence-electron chi connectivity index (χ4n) is 4.04. The van der Waals surface area contributed by atoms with Gasteiger partial charge in [0.05, 0.1) is 17.8 Å². The highest BCUT2D eigenvalue weighted by atomic mass is 19.1. The first-order valence-electron chi connectivity index (χ1n) is 10.5. The SMILES string of the molecule is CCCc1c(CF)n(C(C)(C)C)c(=O)n1Cc1ccc(-c2ccccc2C(=O)O)cc1. The predicted molar refractivity (Wildman–Crippen MR) is 120 cm³/mol. The lowest BCUT2D eigenvalue weighted by Gasteiger charge is -2.22. The molecule has 0 atom stereocenters. The van der Waals surface area contributed by atoms with Crippen molar-refractivity contribution >= 4 is 5.97 Å². The van der Waals surface area contributed by atoms with Crippen molar-refractivity contribution in [1.29, 1.82) is 0 Å². The van der Waals surface area contributed by atoms with Gasteiger partial charge in [0.1, 0.15) is 6.67 Å². The molecule has 5 nitrogen and oxygen atoms in total. The van der Waals surface area contributed by atoms with Crippen molar-refractivity contribution < 1.29 is 14.3 Å². The Kier molecular flexibility index (Phi) is 6.48. The number of carboxylic acids is 1. The highest BCUT2D eigenvalue weighted by Crippen LogP contribution is 2.25. The molecular weight excluding hydrogens is 395 g/mol. The number of rotatable bonds is 7. The number of hydrogen-bond acceptors (Lipinski definition) is 2. The van der Waals surface area contributed by atoms with Crippen LogP contribution in [-0.4, -0.2) is 20.2 Å². The van der Waals surface area contributed by atoms with Crippen LogP contribution in [0.2, 0.25) is 0 Å². The van der Waals surface area contributed by atoms with Gasteiger partial charge in [0, 0.05) is 11.2 Å². The molecule has 0 fully saturated rings. The number of halogens is 1. The van der Waals surface area contributed by atoms with Gasteiger partial charge in [-0.2, -0.15) is 0 Å². The molecule has 0 aliphatic heterocycles. The number of benzene rings is 2. The van der Waals surface area contributed by atoms with Crippen molar-refractivity contribution in [3.8, 4) is 11.1 Å². The van der Waals surface area contributed by atoms with E-state index in [4.69, 9.17) is 0 Å². The van der Waals surface area contributed by atoms with E-state index in [1.165, 1.54) is 0 Å². The summed E-state index contributed by atoms with van der Waals surface area (Å²) in [5, 5.41) is 9.43. The van der Waals surface area contributed by atoms with Gasteiger partial charge >= 0.3 is 11.7 Å². The van der Waals surface area contributed by atoms with Crippen LogP contribution in [0.4, 0.5) is 4.39 Å². The minimum atomic E-state index is -0.974. The highest BCUT2D eigenvalue weighted by molar-refractivity contribution is 5.95. The van der Waals surface area contributed by atoms with Crippen LogP contribution in [0.5, 0.6) is 0 Å². The average Bonchev–Trinajstić information content (AvgIpc) is 3.00. The number of aromatic nitrogens is 2. The van der Waals surface area contributed by atoms with E-state index in [-0.39, 0.29) is 11.3 Å². The van der Waals surface area contributed by atoms with E-state index in [0.717, 1.165) is 23.2 Å². The summed E-state index contributed by atoms with van der Waals surface area (Å²) in [7, 11) is 0. The first kappa shape index (κ1) is 22.5. The number of imidazole rings is 1. The molecule has 0 radical (unpaired) electrons. The second kappa shape index (κ2) is 8.92. The lowest BCUT2D eigenvalue weighted by atomic mass is 9.99. The molecule has 0 aliphatic carbocycles. The van der Waals surface area contributed by atoms with E-state index in [2.05, 4.69) is 0 Å². The zero-order valence-corrected chi connectivity index (χ0v) is 18.5. The van der Waals surface area contributed by atoms with E-state index in [1.807, 2.05) is 52.0 Å². The van der Waals surface area contributed by atoms with Gasteiger partial charge in [0.25, 0.3) is 0 Å². The summed E-state index contributed by atoms with van der Waals surface area (Å²) in [6.07, 6.45) is 1.44. The van der Waals surface area contributed by atoms with Gasteiger partial charge in [-0.25, -0.2) is 14.0 Å². The quantitative estimate of drug-likeness (QED) is 0.564. The molecule has 0 amide bonds. The number of hydrogen-bond donors (Lipinski definition) is 1. The molecule has 3 rings (SSSR count). The topological polar surface area (TPSA) is 64.2 Å². The number of carbonyl (C=O) groups is 1. The van der Waals surface area contributed by atoms with Crippen LogP contribution < -0.4 is 5.69 Å².